The van der Waals surface area contributed by atoms with Crippen molar-refractivity contribution in [2.24, 2.45) is 0 Å². The van der Waals surface area contributed by atoms with Gasteiger partial charge in [-0.05, 0) is 49.9 Å². The number of fused-ring (bicyclic) bond motifs is 2. The van der Waals surface area contributed by atoms with Gasteiger partial charge in [-0.2, -0.15) is 4.98 Å². The second-order valence-corrected chi connectivity index (χ2v) is 9.21. The molecule has 2 heterocycles. The van der Waals surface area contributed by atoms with Crippen LogP contribution in [0.5, 0.6) is 5.75 Å². The maximum absolute atomic E-state index is 12.5. The first-order valence-corrected chi connectivity index (χ1v) is 11.5. The van der Waals surface area contributed by atoms with Crippen LogP contribution in [-0.2, 0) is 16.6 Å². The molecule has 1 saturated heterocycles. The monoisotopic (exact) mass is 458 g/mol. The summed E-state index contributed by atoms with van der Waals surface area (Å²) >= 11 is 0. The Morgan fingerprint density at radius 1 is 1.29 bits per heavy atom. The highest BCUT2D eigenvalue weighted by Crippen LogP contribution is 2.48. The molecule has 8 nitrogen and oxygen atoms in total. The number of nitrogens with zero attached hydrogens (tertiary/aromatic N) is 4. The fourth-order valence-corrected chi connectivity index (χ4v) is 5.22. The smallest absolute Gasteiger partial charge is 0.247 e. The van der Waals surface area contributed by atoms with Crippen LogP contribution in [0.3, 0.4) is 0 Å². The lowest BCUT2D eigenvalue weighted by Crippen LogP contribution is -2.32. The summed E-state index contributed by atoms with van der Waals surface area (Å²) in [7, 11) is 0. The van der Waals surface area contributed by atoms with Gasteiger partial charge in [-0.15, -0.1) is 0 Å². The molecule has 2 aromatic carbocycles. The number of carbonyl (C=O) groups is 1. The number of aromatic nitrogens is 2. The average Bonchev–Trinajstić information content (AvgIpc) is 3.52. The van der Waals surface area contributed by atoms with Gasteiger partial charge in [0.1, 0.15) is 5.75 Å². The van der Waals surface area contributed by atoms with E-state index in [1.54, 1.807) is 23.1 Å². The molecule has 2 aliphatic rings. The van der Waals surface area contributed by atoms with Crippen LogP contribution in [0.15, 0.2) is 40.9 Å². The van der Waals surface area contributed by atoms with E-state index in [1.165, 1.54) is 0 Å². The van der Waals surface area contributed by atoms with E-state index < -0.39 is 0 Å². The molecule has 1 aliphatic heterocycles. The van der Waals surface area contributed by atoms with Gasteiger partial charge < -0.3 is 19.3 Å². The maximum Gasteiger partial charge on any atom is 0.247 e. The Balaban J connectivity index is 1.48. The summed E-state index contributed by atoms with van der Waals surface area (Å²) in [5.41, 5.74) is 3.91. The summed E-state index contributed by atoms with van der Waals surface area (Å²) < 4.78 is 11.3. The number of benzene rings is 2. The van der Waals surface area contributed by atoms with Gasteiger partial charge in [-0.25, -0.2) is 4.85 Å². The molecule has 34 heavy (non-hydrogen) atoms. The number of aliphatic hydroxyl groups is 1. The third-order valence-corrected chi connectivity index (χ3v) is 6.67. The second kappa shape index (κ2) is 8.58. The van der Waals surface area contributed by atoms with E-state index in [-0.39, 0.29) is 29.9 Å². The van der Waals surface area contributed by atoms with Gasteiger partial charge >= 0.3 is 0 Å². The highest BCUT2D eigenvalue weighted by atomic mass is 16.5. The Morgan fingerprint density at radius 2 is 2.15 bits per heavy atom. The van der Waals surface area contributed by atoms with Crippen LogP contribution in [0.1, 0.15) is 37.8 Å². The predicted octanol–water partition coefficient (Wildman–Crippen LogP) is 4.15. The molecular weight excluding hydrogens is 432 g/mol. The quantitative estimate of drug-likeness (QED) is 0.558. The zero-order valence-corrected chi connectivity index (χ0v) is 19.2. The van der Waals surface area contributed by atoms with Crippen LogP contribution in [-0.4, -0.2) is 51.9 Å². The number of likely N-dealkylation sites (tertiary alicyclic amines) is 1. The first kappa shape index (κ1) is 22.1. The minimum Gasteiger partial charge on any atom is -0.492 e. The van der Waals surface area contributed by atoms with Crippen LogP contribution >= 0.6 is 0 Å². The van der Waals surface area contributed by atoms with Crippen molar-refractivity contribution in [3.05, 3.63) is 58.9 Å². The lowest BCUT2D eigenvalue weighted by Gasteiger charge is -2.24. The van der Waals surface area contributed by atoms with E-state index in [0.717, 1.165) is 29.5 Å². The van der Waals surface area contributed by atoms with E-state index in [9.17, 15) is 9.90 Å². The summed E-state index contributed by atoms with van der Waals surface area (Å²) in [6.45, 7) is 12.4. The second-order valence-electron chi connectivity index (χ2n) is 9.21. The van der Waals surface area contributed by atoms with E-state index in [0.29, 0.717) is 42.3 Å². The topological polar surface area (TPSA) is 93.0 Å². The number of β-amino-alcohol motifs (C(OH)–C–C–N with tert-alkyl or cyclic N) is 1. The van der Waals surface area contributed by atoms with Crippen LogP contribution < -0.4 is 4.74 Å². The molecular formula is C26H26N4O4. The minimum atomic E-state index is -0.228. The van der Waals surface area contributed by atoms with Crippen molar-refractivity contribution >= 4 is 11.6 Å². The molecule has 0 bridgehead atoms. The highest BCUT2D eigenvalue weighted by molar-refractivity contribution is 5.82. The van der Waals surface area contributed by atoms with E-state index >= 15 is 0 Å². The van der Waals surface area contributed by atoms with Gasteiger partial charge in [-0.1, -0.05) is 29.4 Å². The van der Waals surface area contributed by atoms with Crippen molar-refractivity contribution < 1.29 is 19.2 Å². The van der Waals surface area contributed by atoms with Crippen LogP contribution in [0.2, 0.25) is 0 Å². The van der Waals surface area contributed by atoms with Gasteiger partial charge in [0.15, 0.2) is 0 Å². The first-order chi connectivity index (χ1) is 16.4. The molecule has 5 rings (SSSR count). The van der Waals surface area contributed by atoms with Crippen molar-refractivity contribution in [2.45, 2.75) is 44.6 Å². The lowest BCUT2D eigenvalue weighted by atomic mass is 9.80. The summed E-state index contributed by atoms with van der Waals surface area (Å²) in [6, 6.07) is 11.3. The lowest BCUT2D eigenvalue weighted by molar-refractivity contribution is -0.128. The molecule has 8 heteroatoms. The summed E-state index contributed by atoms with van der Waals surface area (Å²) in [5, 5.41) is 13.5. The standard InChI is InChI=1S/C26H26N4O4/c1-16(2)33-17-7-8-20(22(13-17)27-3)25-28-24(29-34-25)19-5-4-6-21-18(19)9-10-26(21)14-23(32)30(15-26)11-12-31/h4-8,13,16,31H,9-12,14-15H2,1-2H3/t26-/m0/s1. The molecule has 1 spiro atoms. The number of hydrogen-bond donors (Lipinski definition) is 1. The molecule has 1 amide bonds. The molecule has 1 fully saturated rings. The molecule has 1 atom stereocenters. The van der Waals surface area contributed by atoms with Crippen molar-refractivity contribution in [1.29, 1.82) is 0 Å². The number of rotatable bonds is 6. The Labute approximate surface area is 198 Å². The summed E-state index contributed by atoms with van der Waals surface area (Å²) in [4.78, 5) is 22.5. The van der Waals surface area contributed by atoms with E-state index in [1.807, 2.05) is 26.0 Å². The minimum absolute atomic E-state index is 0.00814. The number of hydrogen-bond acceptors (Lipinski definition) is 6. The van der Waals surface area contributed by atoms with Gasteiger partial charge in [0, 0.05) is 36.1 Å². The number of carbonyl (C=O) groups excluding carboxylic acids is 1. The van der Waals surface area contributed by atoms with Gasteiger partial charge in [0.2, 0.25) is 23.3 Å². The first-order valence-electron chi connectivity index (χ1n) is 11.5. The molecule has 1 aliphatic carbocycles. The van der Waals surface area contributed by atoms with Crippen LogP contribution in [0.4, 0.5) is 5.69 Å². The molecule has 1 N–H and O–H groups in total. The third-order valence-electron chi connectivity index (χ3n) is 6.67. The fraction of sp³-hybridized carbons (Fsp3) is 0.385. The Bertz CT molecular complexity index is 1290. The van der Waals surface area contributed by atoms with Crippen molar-refractivity contribution in [3.63, 3.8) is 0 Å². The van der Waals surface area contributed by atoms with Crippen molar-refractivity contribution in [1.82, 2.24) is 15.0 Å². The number of ether oxygens (including phenoxy) is 1. The summed E-state index contributed by atoms with van der Waals surface area (Å²) in [5.74, 6) is 1.47. The molecule has 0 unspecified atom stereocenters. The van der Waals surface area contributed by atoms with Crippen molar-refractivity contribution in [3.8, 4) is 28.6 Å². The Morgan fingerprint density at radius 3 is 2.91 bits per heavy atom. The molecule has 1 aromatic heterocycles. The van der Waals surface area contributed by atoms with E-state index in [2.05, 4.69) is 21.1 Å². The zero-order valence-electron chi connectivity index (χ0n) is 19.2. The third kappa shape index (κ3) is 3.72. The maximum atomic E-state index is 12.5. The number of aliphatic hydroxyl groups excluding tert-OH is 1. The van der Waals surface area contributed by atoms with E-state index in [4.69, 9.17) is 15.8 Å². The zero-order chi connectivity index (χ0) is 23.9. The van der Waals surface area contributed by atoms with Crippen LogP contribution in [0.25, 0.3) is 27.7 Å². The van der Waals surface area contributed by atoms with Gasteiger partial charge in [0.05, 0.1) is 19.3 Å². The Kier molecular flexibility index (Phi) is 5.58. The fourth-order valence-electron chi connectivity index (χ4n) is 5.22. The molecule has 174 valence electrons. The normalized spacial score (nSPS) is 19.1. The van der Waals surface area contributed by atoms with Crippen LogP contribution in [0, 0.1) is 6.57 Å². The number of amides is 1. The van der Waals surface area contributed by atoms with Gasteiger partial charge in [0.25, 0.3) is 0 Å². The Hall–Kier alpha value is -3.70. The molecule has 3 aromatic rings. The average molecular weight is 459 g/mol. The SMILES string of the molecule is [C-]#[N+]c1cc(OC(C)C)ccc1-c1nc(-c2cccc3c2CC[C@@]32CC(=O)N(CCO)C2)no1. The molecule has 0 saturated carbocycles. The highest BCUT2D eigenvalue weighted by Gasteiger charge is 2.48. The largest absolute Gasteiger partial charge is 0.492 e. The predicted molar refractivity (Wildman–Crippen MR) is 125 cm³/mol. The van der Waals surface area contributed by atoms with Crippen molar-refractivity contribution in [2.75, 3.05) is 19.7 Å². The van der Waals surface area contributed by atoms with Gasteiger partial charge in [-0.3, -0.25) is 4.79 Å². The summed E-state index contributed by atoms with van der Waals surface area (Å²) in [6.07, 6.45) is 2.16. The molecule has 0 radical (unpaired) electrons.